The lowest BCUT2D eigenvalue weighted by Gasteiger charge is -2.13. The average Bonchev–Trinajstić information content (AvgIpc) is 3.43. The molecule has 0 radical (unpaired) electrons. The van der Waals surface area contributed by atoms with Gasteiger partial charge in [0, 0.05) is 24.0 Å². The molecule has 12 heteroatoms. The van der Waals surface area contributed by atoms with Crippen LogP contribution in [0, 0.1) is 0 Å². The Bertz CT molecular complexity index is 1570. The van der Waals surface area contributed by atoms with Gasteiger partial charge in [0.2, 0.25) is 0 Å². The molecule has 5 rings (SSSR count). The fourth-order valence-corrected chi connectivity index (χ4v) is 4.07. The molecule has 0 bridgehead atoms. The van der Waals surface area contributed by atoms with Crippen molar-refractivity contribution in [3.05, 3.63) is 72.1 Å². The molecule has 0 fully saturated rings. The predicted molar refractivity (Wildman–Crippen MR) is 144 cm³/mol. The van der Waals surface area contributed by atoms with Crippen molar-refractivity contribution in [3.63, 3.8) is 0 Å². The molecule has 3 heterocycles. The molecule has 12 nitrogen and oxygen atoms in total. The summed E-state index contributed by atoms with van der Waals surface area (Å²) in [7, 11) is 1.50. The Labute approximate surface area is 229 Å². The molecule has 2 amide bonds. The van der Waals surface area contributed by atoms with Crippen LogP contribution in [-0.4, -0.2) is 64.4 Å². The third-order valence-corrected chi connectivity index (χ3v) is 6.00. The minimum absolute atomic E-state index is 0.166. The topological polar surface area (TPSA) is 147 Å². The number of ether oxygens (including phenoxy) is 3. The van der Waals surface area contributed by atoms with Gasteiger partial charge >= 0.3 is 5.97 Å². The van der Waals surface area contributed by atoms with Crippen LogP contribution in [0.2, 0.25) is 0 Å². The third-order valence-electron chi connectivity index (χ3n) is 6.00. The molecular weight excluding hydrogens is 516 g/mol. The van der Waals surface area contributed by atoms with Crippen LogP contribution in [0.5, 0.6) is 11.5 Å². The van der Waals surface area contributed by atoms with E-state index in [1.165, 1.54) is 7.11 Å². The van der Waals surface area contributed by atoms with E-state index in [-0.39, 0.29) is 25.0 Å². The number of benzene rings is 2. The van der Waals surface area contributed by atoms with Gasteiger partial charge < -0.3 is 24.8 Å². The molecule has 40 heavy (non-hydrogen) atoms. The van der Waals surface area contributed by atoms with E-state index in [0.29, 0.717) is 64.3 Å². The first-order valence-electron chi connectivity index (χ1n) is 12.5. The Morgan fingerprint density at radius 3 is 2.62 bits per heavy atom. The van der Waals surface area contributed by atoms with Crippen molar-refractivity contribution >= 4 is 23.5 Å². The summed E-state index contributed by atoms with van der Waals surface area (Å²) >= 11 is 0. The first-order chi connectivity index (χ1) is 19.4. The highest BCUT2D eigenvalue weighted by Gasteiger charge is 2.21. The number of hydrogen-bond acceptors (Lipinski definition) is 9. The normalized spacial score (nSPS) is 12.2. The number of esters is 1. The number of amides is 2. The molecule has 2 aromatic carbocycles. The standard InChI is InChI=1S/C28H26N6O6/c1-3-39-28(37)17-4-7-19(8-5-17)31-25(35)16-40-23-9-6-18(14-24(23)38-2)26-29-11-10-20(32-26)21-15-22-27(36)30-12-13-34(22)33-21/h4-11,14-15H,3,12-13,16H2,1-2H3,(H,30,36)(H,31,35). The lowest BCUT2D eigenvalue weighted by molar-refractivity contribution is -0.118. The van der Waals surface area contributed by atoms with E-state index in [1.807, 2.05) is 0 Å². The molecule has 0 unspecified atom stereocenters. The number of aromatic nitrogens is 4. The van der Waals surface area contributed by atoms with E-state index < -0.39 is 5.97 Å². The lowest BCUT2D eigenvalue weighted by atomic mass is 10.1. The minimum Gasteiger partial charge on any atom is -0.493 e. The number of methoxy groups -OCH3 is 1. The van der Waals surface area contributed by atoms with Crippen molar-refractivity contribution in [3.8, 4) is 34.3 Å². The van der Waals surface area contributed by atoms with Crippen molar-refractivity contribution in [2.24, 2.45) is 0 Å². The maximum atomic E-state index is 12.4. The molecule has 2 N–H and O–H groups in total. The van der Waals surface area contributed by atoms with Gasteiger partial charge in [-0.1, -0.05) is 0 Å². The molecule has 0 saturated heterocycles. The van der Waals surface area contributed by atoms with Gasteiger partial charge in [-0.05, 0) is 61.5 Å². The maximum Gasteiger partial charge on any atom is 0.338 e. The highest BCUT2D eigenvalue weighted by atomic mass is 16.5. The zero-order chi connectivity index (χ0) is 28.1. The maximum absolute atomic E-state index is 12.4. The van der Waals surface area contributed by atoms with Gasteiger partial charge in [0.25, 0.3) is 11.8 Å². The van der Waals surface area contributed by atoms with E-state index >= 15 is 0 Å². The van der Waals surface area contributed by atoms with Gasteiger partial charge in [0.05, 0.1) is 31.5 Å². The minimum atomic E-state index is -0.425. The van der Waals surface area contributed by atoms with Gasteiger partial charge in [-0.15, -0.1) is 0 Å². The highest BCUT2D eigenvalue weighted by molar-refractivity contribution is 5.94. The zero-order valence-electron chi connectivity index (χ0n) is 21.8. The van der Waals surface area contributed by atoms with Gasteiger partial charge in [0.1, 0.15) is 11.4 Å². The molecule has 1 aliphatic rings. The van der Waals surface area contributed by atoms with Crippen LogP contribution in [-0.2, 0) is 16.1 Å². The number of anilines is 1. The summed E-state index contributed by atoms with van der Waals surface area (Å²) in [6, 6.07) is 15.0. The SMILES string of the molecule is CCOC(=O)c1ccc(NC(=O)COc2ccc(-c3nccc(-c4cc5n(n4)CCNC5=O)n3)cc2OC)cc1. The lowest BCUT2D eigenvalue weighted by Crippen LogP contribution is -2.35. The van der Waals surface area contributed by atoms with Crippen LogP contribution in [0.1, 0.15) is 27.8 Å². The second kappa shape index (κ2) is 11.6. The largest absolute Gasteiger partial charge is 0.493 e. The van der Waals surface area contributed by atoms with Crippen LogP contribution in [0.25, 0.3) is 22.8 Å². The monoisotopic (exact) mass is 542 g/mol. The summed E-state index contributed by atoms with van der Waals surface area (Å²) in [6.45, 7) is 2.88. The molecule has 0 saturated carbocycles. The van der Waals surface area contributed by atoms with Crippen molar-refractivity contribution in [2.75, 3.05) is 32.2 Å². The first kappa shape index (κ1) is 26.4. The molecular formula is C28H26N6O6. The first-order valence-corrected chi connectivity index (χ1v) is 12.5. The predicted octanol–water partition coefficient (Wildman–Crippen LogP) is 2.95. The molecule has 4 aromatic rings. The number of nitrogens with zero attached hydrogens (tertiary/aromatic N) is 4. The van der Waals surface area contributed by atoms with E-state index in [0.717, 1.165) is 0 Å². The number of nitrogens with one attached hydrogen (secondary N) is 2. The van der Waals surface area contributed by atoms with Gasteiger partial charge in [-0.25, -0.2) is 14.8 Å². The fourth-order valence-electron chi connectivity index (χ4n) is 4.07. The van der Waals surface area contributed by atoms with Gasteiger partial charge in [-0.3, -0.25) is 14.3 Å². The summed E-state index contributed by atoms with van der Waals surface area (Å²) < 4.78 is 17.8. The second-order valence-electron chi connectivity index (χ2n) is 8.66. The Kier molecular flexibility index (Phi) is 7.67. The highest BCUT2D eigenvalue weighted by Crippen LogP contribution is 2.32. The van der Waals surface area contributed by atoms with Crippen LogP contribution < -0.4 is 20.1 Å². The van der Waals surface area contributed by atoms with Crippen LogP contribution in [0.4, 0.5) is 5.69 Å². The van der Waals surface area contributed by atoms with Crippen LogP contribution >= 0.6 is 0 Å². The van der Waals surface area contributed by atoms with Gasteiger partial charge in [-0.2, -0.15) is 5.10 Å². The van der Waals surface area contributed by atoms with E-state index in [4.69, 9.17) is 14.2 Å². The fraction of sp³-hybridized carbons (Fsp3) is 0.214. The van der Waals surface area contributed by atoms with E-state index in [1.54, 1.807) is 72.4 Å². The molecule has 0 spiro atoms. The van der Waals surface area contributed by atoms with Crippen molar-refractivity contribution in [1.82, 2.24) is 25.1 Å². The summed E-state index contributed by atoms with van der Waals surface area (Å²) in [5.74, 6) is 0.213. The number of hydrogen-bond donors (Lipinski definition) is 2. The number of carbonyl (C=O) groups is 3. The van der Waals surface area contributed by atoms with Gasteiger partial charge in [0.15, 0.2) is 23.9 Å². The molecule has 204 valence electrons. The average molecular weight is 543 g/mol. The Morgan fingerprint density at radius 1 is 1.05 bits per heavy atom. The van der Waals surface area contributed by atoms with Crippen LogP contribution in [0.3, 0.4) is 0 Å². The summed E-state index contributed by atoms with van der Waals surface area (Å²) in [6.07, 6.45) is 1.62. The van der Waals surface area contributed by atoms with Crippen molar-refractivity contribution in [1.29, 1.82) is 0 Å². The number of fused-ring (bicyclic) bond motifs is 1. The quantitative estimate of drug-likeness (QED) is 0.305. The van der Waals surface area contributed by atoms with E-state index in [9.17, 15) is 14.4 Å². The number of carbonyl (C=O) groups excluding carboxylic acids is 3. The van der Waals surface area contributed by atoms with E-state index in [2.05, 4.69) is 25.7 Å². The van der Waals surface area contributed by atoms with Crippen molar-refractivity contribution in [2.45, 2.75) is 13.5 Å². The molecule has 2 aromatic heterocycles. The summed E-state index contributed by atoms with van der Waals surface area (Å²) in [5.41, 5.74) is 3.21. The smallest absolute Gasteiger partial charge is 0.338 e. The Balaban J connectivity index is 1.25. The van der Waals surface area contributed by atoms with Crippen molar-refractivity contribution < 1.29 is 28.6 Å². The zero-order valence-corrected chi connectivity index (χ0v) is 21.8. The summed E-state index contributed by atoms with van der Waals surface area (Å²) in [5, 5.41) is 10.0. The summed E-state index contributed by atoms with van der Waals surface area (Å²) in [4.78, 5) is 45.3. The third kappa shape index (κ3) is 5.75. The number of rotatable bonds is 9. The van der Waals surface area contributed by atoms with Crippen LogP contribution in [0.15, 0.2) is 60.8 Å². The Hall–Kier alpha value is -5.26. The molecule has 0 aliphatic carbocycles. The molecule has 0 atom stereocenters. The Morgan fingerprint density at radius 2 is 1.88 bits per heavy atom. The molecule has 1 aliphatic heterocycles. The second-order valence-corrected chi connectivity index (χ2v) is 8.66.